The topological polar surface area (TPSA) is 71.9 Å². The van der Waals surface area contributed by atoms with Crippen LogP contribution in [0.5, 0.6) is 5.75 Å². The van der Waals surface area contributed by atoms with Crippen LogP contribution in [-0.4, -0.2) is 12.1 Å². The lowest BCUT2D eigenvalue weighted by Gasteiger charge is -2.13. The minimum absolute atomic E-state index is 0.224. The fourth-order valence-corrected chi connectivity index (χ4v) is 3.19. The monoisotopic (exact) mass is 357 g/mol. The highest BCUT2D eigenvalue weighted by molar-refractivity contribution is 5.83. The van der Waals surface area contributed by atoms with Gasteiger partial charge in [0.05, 0.1) is 12.8 Å². The predicted molar refractivity (Wildman–Crippen MR) is 109 cm³/mol. The molecule has 4 heteroatoms. The molecule has 0 aliphatic heterocycles. The summed E-state index contributed by atoms with van der Waals surface area (Å²) in [4.78, 5) is 4.46. The minimum Gasteiger partial charge on any atom is -0.496 e. The van der Waals surface area contributed by atoms with Gasteiger partial charge < -0.3 is 10.5 Å². The molecule has 2 N–H and O–H groups in total. The molecule has 1 heterocycles. The predicted octanol–water partition coefficient (Wildman–Crippen LogP) is 5.08. The number of methoxy groups -OCH3 is 1. The van der Waals surface area contributed by atoms with Gasteiger partial charge in [0, 0.05) is 16.7 Å². The summed E-state index contributed by atoms with van der Waals surface area (Å²) >= 11 is 0. The number of nitrogen functional groups attached to an aromatic ring is 1. The highest BCUT2D eigenvalue weighted by Gasteiger charge is 2.16. The van der Waals surface area contributed by atoms with Crippen LogP contribution in [0.1, 0.15) is 25.0 Å². The van der Waals surface area contributed by atoms with Gasteiger partial charge in [0.1, 0.15) is 23.2 Å². The van der Waals surface area contributed by atoms with Crippen LogP contribution in [0.2, 0.25) is 0 Å². The van der Waals surface area contributed by atoms with Gasteiger partial charge in [-0.15, -0.1) is 0 Å². The SMILES string of the molecule is COc1ccccc1-c1cc(-c2ccc(CC(C)C)cc2)nc(N)c1C#N. The van der Waals surface area contributed by atoms with E-state index in [2.05, 4.69) is 49.2 Å². The highest BCUT2D eigenvalue weighted by atomic mass is 16.5. The number of nitrogens with zero attached hydrogens (tertiary/aromatic N) is 2. The lowest BCUT2D eigenvalue weighted by molar-refractivity contribution is 0.416. The highest BCUT2D eigenvalue weighted by Crippen LogP contribution is 2.36. The Labute approximate surface area is 160 Å². The lowest BCUT2D eigenvalue weighted by Crippen LogP contribution is -2.01. The molecule has 3 aromatic rings. The van der Waals surface area contributed by atoms with E-state index in [4.69, 9.17) is 10.5 Å². The molecule has 4 nitrogen and oxygen atoms in total. The average Bonchev–Trinajstić information content (AvgIpc) is 2.67. The molecule has 0 unspecified atom stereocenters. The van der Waals surface area contributed by atoms with Crippen LogP contribution in [0.15, 0.2) is 54.6 Å². The van der Waals surface area contributed by atoms with E-state index in [0.29, 0.717) is 17.2 Å². The Morgan fingerprint density at radius 3 is 2.41 bits per heavy atom. The lowest BCUT2D eigenvalue weighted by atomic mass is 9.96. The maximum Gasteiger partial charge on any atom is 0.142 e. The van der Waals surface area contributed by atoms with Crippen LogP contribution < -0.4 is 10.5 Å². The van der Waals surface area contributed by atoms with E-state index in [1.54, 1.807) is 7.11 Å². The number of rotatable bonds is 5. The molecule has 0 bridgehead atoms. The zero-order valence-electron chi connectivity index (χ0n) is 15.9. The van der Waals surface area contributed by atoms with Crippen molar-refractivity contribution in [3.05, 3.63) is 65.7 Å². The first kappa shape index (κ1) is 18.5. The molecular weight excluding hydrogens is 334 g/mol. The minimum atomic E-state index is 0.224. The largest absolute Gasteiger partial charge is 0.496 e. The normalized spacial score (nSPS) is 10.6. The van der Waals surface area contributed by atoms with Crippen molar-refractivity contribution in [2.24, 2.45) is 5.92 Å². The van der Waals surface area contributed by atoms with Crippen molar-refractivity contribution < 1.29 is 4.74 Å². The summed E-state index contributed by atoms with van der Waals surface area (Å²) < 4.78 is 5.47. The van der Waals surface area contributed by atoms with Gasteiger partial charge in [-0.3, -0.25) is 0 Å². The molecule has 0 radical (unpaired) electrons. The average molecular weight is 357 g/mol. The van der Waals surface area contributed by atoms with Crippen molar-refractivity contribution in [3.8, 4) is 34.2 Å². The van der Waals surface area contributed by atoms with Crippen molar-refractivity contribution in [1.82, 2.24) is 4.98 Å². The van der Waals surface area contributed by atoms with Gasteiger partial charge in [-0.2, -0.15) is 5.26 Å². The van der Waals surface area contributed by atoms with Gasteiger partial charge in [-0.05, 0) is 30.0 Å². The van der Waals surface area contributed by atoms with Crippen LogP contribution in [-0.2, 0) is 6.42 Å². The number of pyridine rings is 1. The quantitative estimate of drug-likeness (QED) is 0.691. The van der Waals surface area contributed by atoms with Crippen LogP contribution in [0, 0.1) is 17.2 Å². The maximum absolute atomic E-state index is 9.60. The van der Waals surface area contributed by atoms with E-state index in [-0.39, 0.29) is 5.82 Å². The van der Waals surface area contributed by atoms with E-state index < -0.39 is 0 Å². The smallest absolute Gasteiger partial charge is 0.142 e. The van der Waals surface area contributed by atoms with Gasteiger partial charge in [-0.1, -0.05) is 56.3 Å². The zero-order chi connectivity index (χ0) is 19.4. The van der Waals surface area contributed by atoms with Gasteiger partial charge in [0.25, 0.3) is 0 Å². The summed E-state index contributed by atoms with van der Waals surface area (Å²) in [5, 5.41) is 9.60. The number of anilines is 1. The molecule has 27 heavy (non-hydrogen) atoms. The van der Waals surface area contributed by atoms with E-state index in [0.717, 1.165) is 28.8 Å². The Kier molecular flexibility index (Phi) is 5.42. The summed E-state index contributed by atoms with van der Waals surface area (Å²) in [7, 11) is 1.61. The Bertz CT molecular complexity index is 985. The first-order chi connectivity index (χ1) is 13.0. The van der Waals surface area contributed by atoms with E-state index >= 15 is 0 Å². The van der Waals surface area contributed by atoms with Crippen LogP contribution in [0.4, 0.5) is 5.82 Å². The molecule has 2 aromatic carbocycles. The molecule has 0 amide bonds. The number of ether oxygens (including phenoxy) is 1. The third-order valence-corrected chi connectivity index (χ3v) is 4.45. The summed E-state index contributed by atoms with van der Waals surface area (Å²) in [5.74, 6) is 1.52. The number of nitriles is 1. The number of nitrogens with two attached hydrogens (primary N) is 1. The molecule has 0 fully saturated rings. The second kappa shape index (κ2) is 7.92. The van der Waals surface area contributed by atoms with E-state index in [9.17, 15) is 5.26 Å². The Balaban J connectivity index is 2.11. The van der Waals surface area contributed by atoms with Crippen molar-refractivity contribution in [1.29, 1.82) is 5.26 Å². The van der Waals surface area contributed by atoms with Gasteiger partial charge in [0.2, 0.25) is 0 Å². The summed E-state index contributed by atoms with van der Waals surface area (Å²) in [6.45, 7) is 4.41. The molecule has 0 spiro atoms. The molecule has 3 rings (SSSR count). The molecule has 0 saturated heterocycles. The molecule has 136 valence electrons. The third-order valence-electron chi connectivity index (χ3n) is 4.45. The van der Waals surface area contributed by atoms with Gasteiger partial charge in [0.15, 0.2) is 0 Å². The number of benzene rings is 2. The Morgan fingerprint density at radius 2 is 1.78 bits per heavy atom. The number of para-hydroxylation sites is 1. The Hall–Kier alpha value is -3.32. The fourth-order valence-electron chi connectivity index (χ4n) is 3.19. The second-order valence-electron chi connectivity index (χ2n) is 6.92. The zero-order valence-corrected chi connectivity index (χ0v) is 15.9. The van der Waals surface area contributed by atoms with Crippen molar-refractivity contribution in [2.75, 3.05) is 12.8 Å². The molecule has 0 atom stereocenters. The molecule has 0 saturated carbocycles. The van der Waals surface area contributed by atoms with Crippen LogP contribution in [0.3, 0.4) is 0 Å². The van der Waals surface area contributed by atoms with Crippen molar-refractivity contribution in [2.45, 2.75) is 20.3 Å². The van der Waals surface area contributed by atoms with Gasteiger partial charge >= 0.3 is 0 Å². The van der Waals surface area contributed by atoms with E-state index in [1.165, 1.54) is 5.56 Å². The van der Waals surface area contributed by atoms with Crippen LogP contribution in [0.25, 0.3) is 22.4 Å². The first-order valence-corrected chi connectivity index (χ1v) is 8.96. The first-order valence-electron chi connectivity index (χ1n) is 8.96. The number of hydrogen-bond acceptors (Lipinski definition) is 4. The summed E-state index contributed by atoms with van der Waals surface area (Å²) in [6, 6.07) is 20.0. The second-order valence-corrected chi connectivity index (χ2v) is 6.92. The Morgan fingerprint density at radius 1 is 1.07 bits per heavy atom. The third kappa shape index (κ3) is 3.93. The van der Waals surface area contributed by atoms with Crippen molar-refractivity contribution in [3.63, 3.8) is 0 Å². The molecule has 1 aromatic heterocycles. The van der Waals surface area contributed by atoms with Crippen LogP contribution >= 0.6 is 0 Å². The number of hydrogen-bond donors (Lipinski definition) is 1. The number of aromatic nitrogens is 1. The van der Waals surface area contributed by atoms with Crippen molar-refractivity contribution >= 4 is 5.82 Å². The molecule has 0 aliphatic rings. The molecule has 0 aliphatic carbocycles. The maximum atomic E-state index is 9.60. The summed E-state index contributed by atoms with van der Waals surface area (Å²) in [6.07, 6.45) is 1.04. The van der Waals surface area contributed by atoms with Gasteiger partial charge in [-0.25, -0.2) is 4.98 Å². The summed E-state index contributed by atoms with van der Waals surface area (Å²) in [5.41, 5.74) is 11.0. The molecular formula is C23H23N3O. The van der Waals surface area contributed by atoms with E-state index in [1.807, 2.05) is 30.3 Å². The fraction of sp³-hybridized carbons (Fsp3) is 0.217. The standard InChI is InChI=1S/C23H23N3O/c1-15(2)12-16-8-10-17(11-9-16)21-13-19(20(14-24)23(25)26-21)18-6-4-5-7-22(18)27-3/h4-11,13,15H,12H2,1-3H3,(H2,25,26).